The van der Waals surface area contributed by atoms with Gasteiger partial charge in [-0.15, -0.1) is 0 Å². The topological polar surface area (TPSA) is 22.0 Å². The van der Waals surface area contributed by atoms with Gasteiger partial charge in [-0.1, -0.05) is 53.7 Å². The number of carbonyl (C=O) groups excluding carboxylic acids is 1. The maximum absolute atomic E-state index is 11.6. The van der Waals surface area contributed by atoms with Crippen molar-refractivity contribution in [3.05, 3.63) is 35.5 Å². The summed E-state index contributed by atoms with van der Waals surface area (Å²) in [6, 6.07) is 6.40. The van der Waals surface area contributed by atoms with Gasteiger partial charge in [0.2, 0.25) is 0 Å². The first-order valence-corrected chi connectivity index (χ1v) is 10.5. The van der Waals surface area contributed by atoms with E-state index in [2.05, 4.69) is 77.1 Å². The Kier molecular flexibility index (Phi) is 4.66. The number of hydrogen-bond acceptors (Lipinski definition) is 1. The minimum Gasteiger partial charge on any atom is -0.373 e. The Morgan fingerprint density at radius 3 is 2.00 bits per heavy atom. The lowest BCUT2D eigenvalue weighted by Crippen LogP contribution is -2.51. The van der Waals surface area contributed by atoms with E-state index in [4.69, 9.17) is 0 Å². The van der Waals surface area contributed by atoms with E-state index in [0.29, 0.717) is 16.6 Å². The molecule has 0 amide bonds. The van der Waals surface area contributed by atoms with Crippen LogP contribution in [0, 0.1) is 6.92 Å². The van der Waals surface area contributed by atoms with Gasteiger partial charge in [-0.25, -0.2) is 0 Å². The van der Waals surface area contributed by atoms with Crippen LogP contribution >= 0.6 is 0 Å². The number of aldehydes is 1. The molecule has 0 aliphatic rings. The maximum Gasteiger partial charge on any atom is 0.169 e. The molecule has 0 spiro atoms. The lowest BCUT2D eigenvalue weighted by atomic mass is 10.1. The molecule has 0 unspecified atom stereocenters. The van der Waals surface area contributed by atoms with Gasteiger partial charge < -0.3 is 4.23 Å². The summed E-state index contributed by atoms with van der Waals surface area (Å²) in [6.07, 6.45) is 3.16. The third kappa shape index (κ3) is 2.26. The molecule has 2 nitrogen and oxygen atoms in total. The molecule has 2 rings (SSSR count). The van der Waals surface area contributed by atoms with Crippen molar-refractivity contribution in [3.8, 4) is 0 Å². The van der Waals surface area contributed by atoms with Gasteiger partial charge in [0.1, 0.15) is 0 Å². The van der Waals surface area contributed by atoms with Gasteiger partial charge in [-0.3, -0.25) is 4.79 Å². The fourth-order valence-electron chi connectivity index (χ4n) is 4.75. The quantitative estimate of drug-likeness (QED) is 0.506. The minimum atomic E-state index is -1.83. The molecule has 1 aromatic carbocycles. The predicted molar refractivity (Wildman–Crippen MR) is 98.5 cm³/mol. The van der Waals surface area contributed by atoms with Crippen LogP contribution in [0.2, 0.25) is 16.6 Å². The zero-order chi connectivity index (χ0) is 16.7. The molecular formula is C19H29NOSi. The van der Waals surface area contributed by atoms with E-state index in [1.54, 1.807) is 0 Å². The molecule has 0 atom stereocenters. The Bertz CT molecular complexity index is 660. The summed E-state index contributed by atoms with van der Waals surface area (Å²) in [6.45, 7) is 16.2. The zero-order valence-corrected chi connectivity index (χ0v) is 16.0. The third-order valence-electron chi connectivity index (χ3n) is 5.39. The van der Waals surface area contributed by atoms with Crippen molar-refractivity contribution in [2.75, 3.05) is 0 Å². The Labute approximate surface area is 135 Å². The van der Waals surface area contributed by atoms with Crippen LogP contribution in [-0.2, 0) is 0 Å². The number of rotatable bonds is 5. The highest BCUT2D eigenvalue weighted by Crippen LogP contribution is 2.44. The van der Waals surface area contributed by atoms with Gasteiger partial charge in [0.15, 0.2) is 14.5 Å². The van der Waals surface area contributed by atoms with Crippen molar-refractivity contribution >= 4 is 25.4 Å². The molecule has 22 heavy (non-hydrogen) atoms. The molecule has 0 aliphatic heterocycles. The number of nitrogens with zero attached hydrogens (tertiary/aromatic N) is 1. The zero-order valence-electron chi connectivity index (χ0n) is 15.0. The fraction of sp³-hybridized carbons (Fsp3) is 0.526. The standard InChI is InChI=1S/C19H29NOSi/c1-13(2)22(14(3)4,15(5)6)20-11-17(12-21)19-16(7)9-8-10-18(19)20/h8-15H,1-7H3. The highest BCUT2D eigenvalue weighted by Gasteiger charge is 2.46. The molecule has 0 bridgehead atoms. The molecule has 120 valence electrons. The summed E-state index contributed by atoms with van der Waals surface area (Å²) in [5, 5.41) is 1.14. The molecule has 0 saturated carbocycles. The lowest BCUT2D eigenvalue weighted by Gasteiger charge is -2.44. The van der Waals surface area contributed by atoms with Crippen LogP contribution in [0.3, 0.4) is 0 Å². The van der Waals surface area contributed by atoms with E-state index >= 15 is 0 Å². The van der Waals surface area contributed by atoms with E-state index in [0.717, 1.165) is 17.2 Å². The van der Waals surface area contributed by atoms with Crippen LogP contribution in [0.25, 0.3) is 10.9 Å². The average molecular weight is 316 g/mol. The molecule has 1 aromatic heterocycles. The van der Waals surface area contributed by atoms with Crippen LogP contribution in [0.15, 0.2) is 24.4 Å². The maximum atomic E-state index is 11.6. The summed E-state index contributed by atoms with van der Waals surface area (Å²) < 4.78 is 2.53. The molecule has 1 heterocycles. The second kappa shape index (κ2) is 6.03. The van der Waals surface area contributed by atoms with Crippen LogP contribution in [0.5, 0.6) is 0 Å². The van der Waals surface area contributed by atoms with E-state index in [1.807, 2.05) is 0 Å². The van der Waals surface area contributed by atoms with Gasteiger partial charge >= 0.3 is 0 Å². The average Bonchev–Trinajstić information content (AvgIpc) is 2.79. The molecule has 0 aliphatic carbocycles. The summed E-state index contributed by atoms with van der Waals surface area (Å²) in [4.78, 5) is 11.6. The number of aromatic nitrogens is 1. The summed E-state index contributed by atoms with van der Waals surface area (Å²) in [5.41, 5.74) is 5.11. The van der Waals surface area contributed by atoms with Gasteiger partial charge in [0, 0.05) is 22.7 Å². The Morgan fingerprint density at radius 1 is 1.00 bits per heavy atom. The van der Waals surface area contributed by atoms with E-state index in [1.165, 1.54) is 11.1 Å². The molecule has 0 saturated heterocycles. The van der Waals surface area contributed by atoms with Crippen molar-refractivity contribution in [2.45, 2.75) is 65.1 Å². The van der Waals surface area contributed by atoms with Gasteiger partial charge in [0.05, 0.1) is 0 Å². The monoisotopic (exact) mass is 315 g/mol. The van der Waals surface area contributed by atoms with Crippen LogP contribution in [0.1, 0.15) is 57.5 Å². The Morgan fingerprint density at radius 2 is 1.55 bits per heavy atom. The lowest BCUT2D eigenvalue weighted by molar-refractivity contribution is 0.112. The molecule has 0 N–H and O–H groups in total. The number of hydrogen-bond donors (Lipinski definition) is 0. The first kappa shape index (κ1) is 17.0. The molecule has 0 radical (unpaired) electrons. The van der Waals surface area contributed by atoms with E-state index < -0.39 is 8.24 Å². The van der Waals surface area contributed by atoms with Crippen LogP contribution in [0.4, 0.5) is 0 Å². The molecule has 0 fully saturated rings. The van der Waals surface area contributed by atoms with Crippen molar-refractivity contribution in [1.82, 2.24) is 4.23 Å². The Balaban J connectivity index is 2.92. The summed E-state index contributed by atoms with van der Waals surface area (Å²) in [7, 11) is -1.83. The largest absolute Gasteiger partial charge is 0.373 e. The second-order valence-electron chi connectivity index (χ2n) is 7.39. The summed E-state index contributed by atoms with van der Waals surface area (Å²) in [5.74, 6) is 0. The number of fused-ring (bicyclic) bond motifs is 1. The van der Waals surface area contributed by atoms with Crippen molar-refractivity contribution in [1.29, 1.82) is 0 Å². The first-order chi connectivity index (χ1) is 10.3. The van der Waals surface area contributed by atoms with Gasteiger partial charge in [-0.05, 0) is 35.2 Å². The molecule has 3 heteroatoms. The van der Waals surface area contributed by atoms with E-state index in [9.17, 15) is 4.79 Å². The molecular weight excluding hydrogens is 286 g/mol. The fourth-order valence-corrected chi connectivity index (χ4v) is 11.4. The predicted octanol–water partition coefficient (Wildman–Crippen LogP) is 5.79. The van der Waals surface area contributed by atoms with Gasteiger partial charge in [0.25, 0.3) is 0 Å². The van der Waals surface area contributed by atoms with Crippen LogP contribution in [-0.4, -0.2) is 18.8 Å². The van der Waals surface area contributed by atoms with Crippen molar-refractivity contribution in [3.63, 3.8) is 0 Å². The van der Waals surface area contributed by atoms with Crippen LogP contribution < -0.4 is 0 Å². The smallest absolute Gasteiger partial charge is 0.169 e. The first-order valence-electron chi connectivity index (χ1n) is 8.34. The normalized spacial score (nSPS) is 12.8. The Hall–Kier alpha value is -1.35. The number of benzene rings is 1. The van der Waals surface area contributed by atoms with Crippen molar-refractivity contribution < 1.29 is 4.79 Å². The second-order valence-corrected chi connectivity index (χ2v) is 13.1. The van der Waals surface area contributed by atoms with Gasteiger partial charge in [-0.2, -0.15) is 0 Å². The minimum absolute atomic E-state index is 0.614. The third-order valence-corrected chi connectivity index (χ3v) is 12.1. The van der Waals surface area contributed by atoms with Crippen molar-refractivity contribution in [2.24, 2.45) is 0 Å². The number of carbonyl (C=O) groups is 1. The highest BCUT2D eigenvalue weighted by atomic mass is 28.3. The number of aryl methyl sites for hydroxylation is 1. The summed E-state index contributed by atoms with van der Waals surface area (Å²) >= 11 is 0. The van der Waals surface area contributed by atoms with E-state index in [-0.39, 0.29) is 0 Å². The molecule has 2 aromatic rings. The SMILES string of the molecule is Cc1cccc2c1c(C=O)cn2[Si](C(C)C)(C(C)C)C(C)C. The highest BCUT2D eigenvalue weighted by molar-refractivity contribution is 6.82.